The van der Waals surface area contributed by atoms with Crippen LogP contribution in [-0.2, 0) is 18.8 Å². The smallest absolute Gasteiger partial charge is 0.357 e. The van der Waals surface area contributed by atoms with E-state index in [0.29, 0.717) is 17.5 Å². The van der Waals surface area contributed by atoms with Crippen LogP contribution in [0.2, 0.25) is 18.1 Å². The lowest BCUT2D eigenvalue weighted by Gasteiger charge is -2.50. The third kappa shape index (κ3) is 8.46. The Morgan fingerprint density at radius 1 is 1.00 bits per heavy atom. The van der Waals surface area contributed by atoms with E-state index in [1.54, 1.807) is 27.7 Å². The molecule has 1 fully saturated rings. The lowest BCUT2D eigenvalue weighted by atomic mass is 9.92. The van der Waals surface area contributed by atoms with Crippen molar-refractivity contribution in [2.24, 2.45) is 11.3 Å². The standard InChI is InChI=1S/C34H40F5NO6S3Si/c1-11-48-29-19(16(2)46-50(9,10)34(6,7)8)28(41)40(29)26(30(42)43)31(49-32(44)33(3,4)5)45-18-14-12-13-17(15-18)27(47)20-21(35)23(37)25(39)24(38)22(20)36/h12-16,19,29H,11H2,1-10H3,(H,42,43)/t16-,19+,29-/m1/s1. The van der Waals surface area contributed by atoms with Gasteiger partial charge in [-0.2, -0.15) is 0 Å². The van der Waals surface area contributed by atoms with Gasteiger partial charge in [-0.05, 0) is 60.3 Å². The molecule has 0 unspecified atom stereocenters. The maximum atomic E-state index is 14.6. The Labute approximate surface area is 303 Å². The van der Waals surface area contributed by atoms with E-state index in [4.69, 9.17) is 21.4 Å². The molecular weight excluding hydrogens is 738 g/mol. The zero-order valence-corrected chi connectivity index (χ0v) is 32.7. The number of carboxylic acids is 1. The largest absolute Gasteiger partial charge is 0.476 e. The minimum Gasteiger partial charge on any atom is -0.476 e. The number of carbonyl (C=O) groups excluding carboxylic acids is 2. The molecule has 0 bridgehead atoms. The van der Waals surface area contributed by atoms with Gasteiger partial charge in [0.05, 0.1) is 27.8 Å². The predicted molar refractivity (Wildman–Crippen MR) is 191 cm³/mol. The number of hydrogen-bond donors (Lipinski definition) is 1. The van der Waals surface area contributed by atoms with Gasteiger partial charge in [-0.25, -0.2) is 26.7 Å². The second-order valence-corrected chi connectivity index (χ2v) is 21.7. The van der Waals surface area contributed by atoms with Crippen molar-refractivity contribution in [3.63, 3.8) is 0 Å². The molecule has 0 aliphatic carbocycles. The zero-order chi connectivity index (χ0) is 38.3. The lowest BCUT2D eigenvalue weighted by molar-refractivity contribution is -0.157. The molecule has 3 rings (SSSR count). The summed E-state index contributed by atoms with van der Waals surface area (Å²) in [5.41, 5.74) is -3.16. The van der Waals surface area contributed by atoms with Crippen LogP contribution in [-0.4, -0.2) is 57.4 Å². The molecule has 2 aromatic carbocycles. The molecule has 1 heterocycles. The van der Waals surface area contributed by atoms with E-state index in [2.05, 4.69) is 20.8 Å². The van der Waals surface area contributed by atoms with E-state index in [9.17, 15) is 41.4 Å². The summed E-state index contributed by atoms with van der Waals surface area (Å²) >= 11 is 6.88. The molecule has 2 aromatic rings. The van der Waals surface area contributed by atoms with Gasteiger partial charge >= 0.3 is 5.97 Å². The fourth-order valence-corrected chi connectivity index (χ4v) is 8.50. The van der Waals surface area contributed by atoms with Crippen LogP contribution in [0.3, 0.4) is 0 Å². The first kappa shape index (κ1) is 41.6. The Morgan fingerprint density at radius 2 is 1.54 bits per heavy atom. The zero-order valence-electron chi connectivity index (χ0n) is 29.3. The van der Waals surface area contributed by atoms with Crippen molar-refractivity contribution in [3.05, 3.63) is 75.3 Å². The third-order valence-electron chi connectivity index (χ3n) is 8.39. The topological polar surface area (TPSA) is 93.1 Å². The van der Waals surface area contributed by atoms with E-state index in [1.807, 2.05) is 20.0 Å². The third-order valence-corrected chi connectivity index (χ3v) is 15.8. The molecule has 1 saturated heterocycles. The van der Waals surface area contributed by atoms with Gasteiger partial charge < -0.3 is 14.3 Å². The number of aliphatic carboxylic acids is 1. The number of benzene rings is 2. The van der Waals surface area contributed by atoms with Crippen LogP contribution in [0.5, 0.6) is 5.75 Å². The highest BCUT2D eigenvalue weighted by atomic mass is 32.2. The van der Waals surface area contributed by atoms with Gasteiger partial charge in [0, 0.05) is 5.41 Å². The highest BCUT2D eigenvalue weighted by molar-refractivity contribution is 8.16. The molecule has 1 N–H and O–H groups in total. The molecule has 0 radical (unpaired) electrons. The molecular formula is C34H40F5NO6S3Si. The minimum absolute atomic E-state index is 0.161. The van der Waals surface area contributed by atoms with Gasteiger partial charge in [-0.3, -0.25) is 14.5 Å². The number of likely N-dealkylation sites (tertiary alicyclic amines) is 1. The van der Waals surface area contributed by atoms with Gasteiger partial charge in [0.1, 0.15) is 5.75 Å². The van der Waals surface area contributed by atoms with Crippen molar-refractivity contribution in [2.45, 2.75) is 85.0 Å². The molecule has 0 spiro atoms. The molecule has 0 saturated carbocycles. The van der Waals surface area contributed by atoms with E-state index >= 15 is 0 Å². The Bertz CT molecular complexity index is 1710. The van der Waals surface area contributed by atoms with Crippen LogP contribution in [0.1, 0.15) is 66.5 Å². The molecule has 3 atom stereocenters. The number of β-lactam (4-membered cyclic amide) rings is 1. The van der Waals surface area contributed by atoms with Gasteiger partial charge in [0.2, 0.25) is 16.8 Å². The predicted octanol–water partition coefficient (Wildman–Crippen LogP) is 9.03. The Morgan fingerprint density at radius 3 is 2.02 bits per heavy atom. The van der Waals surface area contributed by atoms with Crippen LogP contribution in [0.25, 0.3) is 0 Å². The molecule has 50 heavy (non-hydrogen) atoms. The average molecular weight is 778 g/mol. The van der Waals surface area contributed by atoms with Crippen LogP contribution >= 0.6 is 35.7 Å². The summed E-state index contributed by atoms with van der Waals surface area (Å²) in [5.74, 6) is -13.5. The van der Waals surface area contributed by atoms with Crippen molar-refractivity contribution in [3.8, 4) is 5.75 Å². The number of thiocarbonyl (C=S) groups is 1. The maximum absolute atomic E-state index is 14.6. The van der Waals surface area contributed by atoms with E-state index in [-0.39, 0.29) is 16.4 Å². The monoisotopic (exact) mass is 777 g/mol. The van der Waals surface area contributed by atoms with Gasteiger partial charge in [0.25, 0.3) is 0 Å². The fourth-order valence-electron chi connectivity index (χ4n) is 4.62. The van der Waals surface area contributed by atoms with Crippen LogP contribution in [0, 0.1) is 40.4 Å². The molecule has 1 aliphatic heterocycles. The van der Waals surface area contributed by atoms with E-state index < -0.39 is 98.4 Å². The number of amides is 1. The normalized spacial score (nSPS) is 18.0. The van der Waals surface area contributed by atoms with Crippen LogP contribution in [0.4, 0.5) is 22.0 Å². The van der Waals surface area contributed by atoms with Gasteiger partial charge in [-0.15, -0.1) is 11.8 Å². The van der Waals surface area contributed by atoms with Crippen molar-refractivity contribution < 1.29 is 50.6 Å². The minimum atomic E-state index is -2.34. The maximum Gasteiger partial charge on any atom is 0.357 e. The first-order chi connectivity index (χ1) is 22.9. The number of carbonyl (C=O) groups is 3. The van der Waals surface area contributed by atoms with Crippen LogP contribution in [0.15, 0.2) is 35.1 Å². The number of halogens is 5. The number of nitrogens with zero attached hydrogens (tertiary/aromatic N) is 1. The van der Waals surface area contributed by atoms with Gasteiger partial charge in [-0.1, -0.05) is 72.8 Å². The highest BCUT2D eigenvalue weighted by Crippen LogP contribution is 2.46. The number of carboxylic acid groups (broad SMARTS) is 1. The van der Waals surface area contributed by atoms with Gasteiger partial charge in [0.15, 0.2) is 42.4 Å². The number of hydrogen-bond acceptors (Lipinski definition) is 8. The lowest BCUT2D eigenvalue weighted by Crippen LogP contribution is -2.64. The molecule has 274 valence electrons. The summed E-state index contributed by atoms with van der Waals surface area (Å²) in [4.78, 5) is 40.4. The summed E-state index contributed by atoms with van der Waals surface area (Å²) in [7, 11) is -2.34. The Hall–Kier alpha value is -2.79. The average Bonchev–Trinajstić information content (AvgIpc) is 2.99. The SMILES string of the molecule is CCS[C@@H]1[C@@H]([C@@H](C)O[Si](C)(C)C(C)(C)C)C(=O)N1C(C(=O)O)=C(Oc1cccc(C(=S)c2c(F)c(F)c(F)c(F)c2F)c1)SC(=O)C(C)(C)C. The van der Waals surface area contributed by atoms with Crippen LogP contribution < -0.4 is 4.74 Å². The van der Waals surface area contributed by atoms with Crippen molar-refractivity contribution >= 4 is 65.9 Å². The second kappa shape index (κ2) is 15.4. The quantitative estimate of drug-likeness (QED) is 0.0261. The van der Waals surface area contributed by atoms with Crippen molar-refractivity contribution in [1.82, 2.24) is 4.90 Å². The molecule has 0 aromatic heterocycles. The Kier molecular flexibility index (Phi) is 12.9. The summed E-state index contributed by atoms with van der Waals surface area (Å²) in [6.07, 6.45) is -0.563. The number of ether oxygens (including phenoxy) is 1. The first-order valence-electron chi connectivity index (χ1n) is 15.5. The Balaban J connectivity index is 2.14. The fraction of sp³-hybridized carbons (Fsp3) is 0.471. The highest BCUT2D eigenvalue weighted by Gasteiger charge is 2.56. The molecule has 16 heteroatoms. The summed E-state index contributed by atoms with van der Waals surface area (Å²) in [6, 6.07) is 4.91. The van der Waals surface area contributed by atoms with E-state index in [0.717, 1.165) is 11.0 Å². The molecule has 1 aliphatic rings. The molecule has 1 amide bonds. The van der Waals surface area contributed by atoms with Crippen molar-refractivity contribution in [2.75, 3.05) is 5.75 Å². The molecule has 7 nitrogen and oxygen atoms in total. The van der Waals surface area contributed by atoms with Crippen molar-refractivity contribution in [1.29, 1.82) is 0 Å². The second-order valence-electron chi connectivity index (χ2n) is 14.1. The number of rotatable bonds is 12. The first-order valence-corrected chi connectivity index (χ1v) is 20.7. The summed E-state index contributed by atoms with van der Waals surface area (Å²) in [5, 5.41) is 8.67. The summed E-state index contributed by atoms with van der Waals surface area (Å²) in [6.45, 7) is 18.7. The number of thioether (sulfide) groups is 2. The summed E-state index contributed by atoms with van der Waals surface area (Å²) < 4.78 is 83.3. The van der Waals surface area contributed by atoms with E-state index in [1.165, 1.54) is 30.0 Å².